The van der Waals surface area contributed by atoms with Crippen LogP contribution in [-0.2, 0) is 9.59 Å². The standard InChI is InChI=1S/C19H18ClN3O2/c1-13-2-8-17(9-3-13)23-12-15(10-18(23)24)19(25)22-21-11-14-4-6-16(20)7-5-14/h2-9,11,15H,10,12H2,1H3,(H,22,25)/b21-11+/t15-/m1/s1. The van der Waals surface area contributed by atoms with Gasteiger partial charge in [0.2, 0.25) is 11.8 Å². The van der Waals surface area contributed by atoms with E-state index in [-0.39, 0.29) is 18.2 Å². The van der Waals surface area contributed by atoms with Crippen LogP contribution in [0.5, 0.6) is 0 Å². The van der Waals surface area contributed by atoms with Crippen molar-refractivity contribution >= 4 is 35.3 Å². The van der Waals surface area contributed by atoms with Crippen LogP contribution < -0.4 is 10.3 Å². The molecule has 25 heavy (non-hydrogen) atoms. The largest absolute Gasteiger partial charge is 0.312 e. The van der Waals surface area contributed by atoms with E-state index < -0.39 is 5.92 Å². The van der Waals surface area contributed by atoms with Crippen molar-refractivity contribution in [2.45, 2.75) is 13.3 Å². The number of hydrazone groups is 1. The second kappa shape index (κ2) is 7.49. The Morgan fingerprint density at radius 1 is 1.20 bits per heavy atom. The van der Waals surface area contributed by atoms with Crippen LogP contribution in [0.25, 0.3) is 0 Å². The molecular weight excluding hydrogens is 338 g/mol. The summed E-state index contributed by atoms with van der Waals surface area (Å²) in [5, 5.41) is 4.59. The van der Waals surface area contributed by atoms with Crippen molar-refractivity contribution in [2.24, 2.45) is 11.0 Å². The highest BCUT2D eigenvalue weighted by Gasteiger charge is 2.35. The summed E-state index contributed by atoms with van der Waals surface area (Å²) in [5.41, 5.74) is 5.28. The molecule has 2 aromatic rings. The highest BCUT2D eigenvalue weighted by molar-refractivity contribution is 6.30. The summed E-state index contributed by atoms with van der Waals surface area (Å²) < 4.78 is 0. The van der Waals surface area contributed by atoms with Crippen molar-refractivity contribution in [3.8, 4) is 0 Å². The molecule has 0 saturated carbocycles. The molecule has 1 saturated heterocycles. The van der Waals surface area contributed by atoms with Gasteiger partial charge in [0.05, 0.1) is 12.1 Å². The van der Waals surface area contributed by atoms with Crippen molar-refractivity contribution in [1.29, 1.82) is 0 Å². The third-order valence-electron chi connectivity index (χ3n) is 4.10. The molecule has 1 N–H and O–H groups in total. The maximum atomic E-state index is 12.2. The first-order valence-electron chi connectivity index (χ1n) is 7.98. The van der Waals surface area contributed by atoms with E-state index in [1.54, 1.807) is 35.4 Å². The zero-order valence-corrected chi connectivity index (χ0v) is 14.5. The molecule has 1 fully saturated rings. The number of anilines is 1. The number of hydrogen-bond acceptors (Lipinski definition) is 3. The lowest BCUT2D eigenvalue weighted by atomic mass is 10.1. The third kappa shape index (κ3) is 4.25. The fraction of sp³-hybridized carbons (Fsp3) is 0.211. The molecule has 0 aromatic heterocycles. The lowest BCUT2D eigenvalue weighted by molar-refractivity contribution is -0.126. The van der Waals surface area contributed by atoms with E-state index in [1.165, 1.54) is 0 Å². The topological polar surface area (TPSA) is 61.8 Å². The summed E-state index contributed by atoms with van der Waals surface area (Å²) in [5.74, 6) is -0.713. The number of halogens is 1. The van der Waals surface area contributed by atoms with Crippen molar-refractivity contribution in [1.82, 2.24) is 5.43 Å². The molecule has 2 aromatic carbocycles. The predicted molar refractivity (Wildman–Crippen MR) is 98.8 cm³/mol. The van der Waals surface area contributed by atoms with Crippen LogP contribution in [0.3, 0.4) is 0 Å². The molecule has 1 heterocycles. The minimum atomic E-state index is -0.406. The Bertz CT molecular complexity index is 800. The zero-order chi connectivity index (χ0) is 17.8. The molecular formula is C19H18ClN3O2. The maximum Gasteiger partial charge on any atom is 0.245 e. The summed E-state index contributed by atoms with van der Waals surface area (Å²) in [7, 11) is 0. The Morgan fingerprint density at radius 3 is 2.56 bits per heavy atom. The van der Waals surface area contributed by atoms with Gasteiger partial charge in [-0.25, -0.2) is 5.43 Å². The molecule has 128 valence electrons. The second-order valence-electron chi connectivity index (χ2n) is 6.03. The van der Waals surface area contributed by atoms with Crippen LogP contribution in [-0.4, -0.2) is 24.6 Å². The average molecular weight is 356 g/mol. The van der Waals surface area contributed by atoms with Crippen molar-refractivity contribution in [3.63, 3.8) is 0 Å². The van der Waals surface area contributed by atoms with Crippen LogP contribution in [0.4, 0.5) is 5.69 Å². The predicted octanol–water partition coefficient (Wildman–Crippen LogP) is 3.15. The first-order valence-corrected chi connectivity index (χ1v) is 8.36. The van der Waals surface area contributed by atoms with E-state index in [9.17, 15) is 9.59 Å². The number of hydrogen-bond donors (Lipinski definition) is 1. The normalized spacial score (nSPS) is 17.3. The Hall–Kier alpha value is -2.66. The van der Waals surface area contributed by atoms with Gasteiger partial charge < -0.3 is 4.90 Å². The van der Waals surface area contributed by atoms with Gasteiger partial charge in [0.1, 0.15) is 0 Å². The first kappa shape index (κ1) is 17.2. The van der Waals surface area contributed by atoms with Gasteiger partial charge in [-0.2, -0.15) is 5.10 Å². The quantitative estimate of drug-likeness (QED) is 0.676. The summed E-state index contributed by atoms with van der Waals surface area (Å²) in [6, 6.07) is 14.8. The molecule has 5 nitrogen and oxygen atoms in total. The molecule has 0 unspecified atom stereocenters. The van der Waals surface area contributed by atoms with E-state index in [0.717, 1.165) is 16.8 Å². The first-order chi connectivity index (χ1) is 12.0. The lowest BCUT2D eigenvalue weighted by Crippen LogP contribution is -2.30. The van der Waals surface area contributed by atoms with E-state index in [0.29, 0.717) is 11.6 Å². The molecule has 0 radical (unpaired) electrons. The Balaban J connectivity index is 1.59. The number of nitrogens with zero attached hydrogens (tertiary/aromatic N) is 2. The van der Waals surface area contributed by atoms with Crippen LogP contribution in [0.15, 0.2) is 53.6 Å². The highest BCUT2D eigenvalue weighted by atomic mass is 35.5. The molecule has 2 amide bonds. The maximum absolute atomic E-state index is 12.2. The fourth-order valence-electron chi connectivity index (χ4n) is 2.67. The molecule has 1 atom stereocenters. The Labute approximate surface area is 151 Å². The molecule has 0 aliphatic carbocycles. The van der Waals surface area contributed by atoms with E-state index >= 15 is 0 Å². The minimum Gasteiger partial charge on any atom is -0.312 e. The van der Waals surface area contributed by atoms with Gasteiger partial charge >= 0.3 is 0 Å². The van der Waals surface area contributed by atoms with Gasteiger partial charge in [-0.15, -0.1) is 0 Å². The number of benzene rings is 2. The van der Waals surface area contributed by atoms with E-state index in [1.807, 2.05) is 31.2 Å². The number of carbonyl (C=O) groups excluding carboxylic acids is 2. The lowest BCUT2D eigenvalue weighted by Gasteiger charge is -2.16. The molecule has 6 heteroatoms. The van der Waals surface area contributed by atoms with E-state index in [2.05, 4.69) is 10.5 Å². The molecule has 0 bridgehead atoms. The zero-order valence-electron chi connectivity index (χ0n) is 13.8. The average Bonchev–Trinajstić information content (AvgIpc) is 2.99. The molecule has 3 rings (SSSR count). The monoisotopic (exact) mass is 355 g/mol. The third-order valence-corrected chi connectivity index (χ3v) is 4.35. The van der Waals surface area contributed by atoms with E-state index in [4.69, 9.17) is 11.6 Å². The molecule has 0 spiro atoms. The fourth-order valence-corrected chi connectivity index (χ4v) is 2.79. The van der Waals surface area contributed by atoms with Crippen LogP contribution in [0.1, 0.15) is 17.5 Å². The smallest absolute Gasteiger partial charge is 0.245 e. The number of rotatable bonds is 4. The van der Waals surface area contributed by atoms with Crippen LogP contribution in [0, 0.1) is 12.8 Å². The Kier molecular flexibility index (Phi) is 5.14. The van der Waals surface area contributed by atoms with Gasteiger partial charge in [-0.05, 0) is 36.8 Å². The number of aryl methyl sites for hydroxylation is 1. The summed E-state index contributed by atoms with van der Waals surface area (Å²) in [6.07, 6.45) is 1.74. The second-order valence-corrected chi connectivity index (χ2v) is 6.46. The number of carbonyl (C=O) groups is 2. The van der Waals surface area contributed by atoms with Crippen LogP contribution >= 0.6 is 11.6 Å². The minimum absolute atomic E-state index is 0.0503. The van der Waals surface area contributed by atoms with Gasteiger partial charge in [0.15, 0.2) is 0 Å². The van der Waals surface area contributed by atoms with Crippen molar-refractivity contribution in [2.75, 3.05) is 11.4 Å². The summed E-state index contributed by atoms with van der Waals surface area (Å²) >= 11 is 5.82. The molecule has 1 aliphatic heterocycles. The van der Waals surface area contributed by atoms with Gasteiger partial charge in [0.25, 0.3) is 0 Å². The van der Waals surface area contributed by atoms with Gasteiger partial charge in [-0.1, -0.05) is 41.4 Å². The van der Waals surface area contributed by atoms with Crippen molar-refractivity contribution in [3.05, 3.63) is 64.7 Å². The summed E-state index contributed by atoms with van der Waals surface area (Å²) in [6.45, 7) is 2.36. The van der Waals surface area contributed by atoms with Crippen LogP contribution in [0.2, 0.25) is 5.02 Å². The number of nitrogens with one attached hydrogen (secondary N) is 1. The highest BCUT2D eigenvalue weighted by Crippen LogP contribution is 2.25. The Morgan fingerprint density at radius 2 is 1.88 bits per heavy atom. The number of amides is 2. The van der Waals surface area contributed by atoms with Crippen molar-refractivity contribution < 1.29 is 9.59 Å². The van der Waals surface area contributed by atoms with Gasteiger partial charge in [-0.3, -0.25) is 9.59 Å². The van der Waals surface area contributed by atoms with Gasteiger partial charge in [0, 0.05) is 23.7 Å². The SMILES string of the molecule is Cc1ccc(N2C[C@H](C(=O)N/N=C/c3ccc(Cl)cc3)CC2=O)cc1. The molecule has 1 aliphatic rings. The summed E-state index contributed by atoms with van der Waals surface area (Å²) in [4.78, 5) is 26.1.